The zero-order chi connectivity index (χ0) is 13.3. The second kappa shape index (κ2) is 5.27. The van der Waals surface area contributed by atoms with Crippen molar-refractivity contribution in [2.75, 3.05) is 14.1 Å². The fraction of sp³-hybridized carbons (Fsp3) is 0.571. The minimum absolute atomic E-state index is 0.109. The Balaban J connectivity index is 2.39. The third kappa shape index (κ3) is 2.33. The van der Waals surface area contributed by atoms with Gasteiger partial charge in [0.2, 0.25) is 0 Å². The van der Waals surface area contributed by atoms with E-state index in [-0.39, 0.29) is 17.4 Å². The van der Waals surface area contributed by atoms with Crippen LogP contribution in [0.1, 0.15) is 37.3 Å². The van der Waals surface area contributed by atoms with E-state index in [4.69, 9.17) is 5.73 Å². The molecular weight excluding hydrogens is 295 g/mol. The monoisotopic (exact) mass is 314 g/mol. The Morgan fingerprint density at radius 1 is 1.33 bits per heavy atom. The first kappa shape index (κ1) is 14.0. The summed E-state index contributed by atoms with van der Waals surface area (Å²) in [4.78, 5) is 2.17. The summed E-state index contributed by atoms with van der Waals surface area (Å²) in [6.45, 7) is 0. The Labute approximate surface area is 116 Å². The van der Waals surface area contributed by atoms with Gasteiger partial charge in [0.1, 0.15) is 5.82 Å². The summed E-state index contributed by atoms with van der Waals surface area (Å²) in [6, 6.07) is 4.72. The predicted octanol–water partition coefficient (Wildman–Crippen LogP) is 3.46. The quantitative estimate of drug-likeness (QED) is 0.925. The van der Waals surface area contributed by atoms with Gasteiger partial charge in [-0.2, -0.15) is 0 Å². The van der Waals surface area contributed by atoms with Crippen molar-refractivity contribution in [3.8, 4) is 0 Å². The lowest BCUT2D eigenvalue weighted by Gasteiger charge is -2.41. The molecule has 18 heavy (non-hydrogen) atoms. The van der Waals surface area contributed by atoms with Crippen LogP contribution in [-0.4, -0.2) is 24.5 Å². The van der Waals surface area contributed by atoms with Crippen molar-refractivity contribution in [3.63, 3.8) is 0 Å². The predicted molar refractivity (Wildman–Crippen MR) is 75.9 cm³/mol. The van der Waals surface area contributed by atoms with Crippen LogP contribution in [0.25, 0.3) is 0 Å². The van der Waals surface area contributed by atoms with Crippen molar-refractivity contribution in [1.29, 1.82) is 0 Å². The lowest BCUT2D eigenvalue weighted by Crippen LogP contribution is -2.50. The average molecular weight is 315 g/mol. The molecule has 1 unspecified atom stereocenters. The molecule has 2 nitrogen and oxygen atoms in total. The van der Waals surface area contributed by atoms with Crippen molar-refractivity contribution in [2.45, 2.75) is 37.3 Å². The highest BCUT2D eigenvalue weighted by molar-refractivity contribution is 9.10. The first-order chi connectivity index (χ1) is 8.47. The standard InChI is InChI=1S/C14H20BrFN2/c1-18(2)14(7-3-4-8-14)13(17)11-9-10(15)5-6-12(11)16/h5-6,9,13H,3-4,7-8,17H2,1-2H3. The van der Waals surface area contributed by atoms with Crippen molar-refractivity contribution >= 4 is 15.9 Å². The minimum Gasteiger partial charge on any atom is -0.322 e. The summed E-state index contributed by atoms with van der Waals surface area (Å²) in [5, 5.41) is 0. The maximum absolute atomic E-state index is 14.0. The Morgan fingerprint density at radius 3 is 2.50 bits per heavy atom. The third-order valence-corrected chi connectivity index (χ3v) is 4.73. The van der Waals surface area contributed by atoms with Gasteiger partial charge >= 0.3 is 0 Å². The van der Waals surface area contributed by atoms with Crippen LogP contribution in [0.3, 0.4) is 0 Å². The SMILES string of the molecule is CN(C)C1(C(N)c2cc(Br)ccc2F)CCCC1. The van der Waals surface area contributed by atoms with Crippen molar-refractivity contribution in [2.24, 2.45) is 5.73 Å². The Kier molecular flexibility index (Phi) is 4.09. The largest absolute Gasteiger partial charge is 0.322 e. The molecule has 1 aromatic carbocycles. The molecule has 0 saturated heterocycles. The van der Waals surface area contributed by atoms with E-state index in [1.54, 1.807) is 6.07 Å². The Hall–Kier alpha value is -0.450. The number of hydrogen-bond donors (Lipinski definition) is 1. The van der Waals surface area contributed by atoms with Crippen molar-refractivity contribution < 1.29 is 4.39 Å². The maximum Gasteiger partial charge on any atom is 0.128 e. The van der Waals surface area contributed by atoms with Crippen LogP contribution < -0.4 is 5.73 Å². The van der Waals surface area contributed by atoms with Gasteiger partial charge in [-0.3, -0.25) is 0 Å². The zero-order valence-electron chi connectivity index (χ0n) is 10.9. The summed E-state index contributed by atoms with van der Waals surface area (Å²) in [5.74, 6) is -0.209. The lowest BCUT2D eigenvalue weighted by molar-refractivity contribution is 0.121. The van der Waals surface area contributed by atoms with E-state index in [2.05, 4.69) is 20.8 Å². The highest BCUT2D eigenvalue weighted by atomic mass is 79.9. The van der Waals surface area contributed by atoms with Crippen LogP contribution in [0.4, 0.5) is 4.39 Å². The smallest absolute Gasteiger partial charge is 0.128 e. The molecule has 4 heteroatoms. The summed E-state index contributed by atoms with van der Waals surface area (Å²) in [5.41, 5.74) is 6.91. The molecule has 0 heterocycles. The van der Waals surface area contributed by atoms with Gasteiger partial charge in [-0.1, -0.05) is 28.8 Å². The van der Waals surface area contributed by atoms with Crippen molar-refractivity contribution in [1.82, 2.24) is 4.90 Å². The number of benzene rings is 1. The Bertz CT molecular complexity index is 428. The number of likely N-dealkylation sites (N-methyl/N-ethyl adjacent to an activating group) is 1. The molecule has 2 rings (SSSR count). The van der Waals surface area contributed by atoms with Gasteiger partial charge in [-0.05, 0) is 45.1 Å². The van der Waals surface area contributed by atoms with Gasteiger partial charge in [0.25, 0.3) is 0 Å². The van der Waals surface area contributed by atoms with Crippen LogP contribution in [0.5, 0.6) is 0 Å². The molecule has 1 fully saturated rings. The highest BCUT2D eigenvalue weighted by Gasteiger charge is 2.42. The van der Waals surface area contributed by atoms with Gasteiger partial charge < -0.3 is 10.6 Å². The number of rotatable bonds is 3. The maximum atomic E-state index is 14.0. The first-order valence-electron chi connectivity index (χ1n) is 6.35. The van der Waals surface area contributed by atoms with Gasteiger partial charge in [-0.15, -0.1) is 0 Å². The van der Waals surface area contributed by atoms with Gasteiger partial charge in [0, 0.05) is 15.6 Å². The number of nitrogens with zero attached hydrogens (tertiary/aromatic N) is 1. The minimum atomic E-state index is -0.285. The molecule has 1 atom stereocenters. The molecule has 1 aromatic rings. The van der Waals surface area contributed by atoms with E-state index >= 15 is 0 Å². The lowest BCUT2D eigenvalue weighted by atomic mass is 9.83. The molecule has 0 bridgehead atoms. The third-order valence-electron chi connectivity index (χ3n) is 4.23. The van der Waals surface area contributed by atoms with E-state index in [9.17, 15) is 4.39 Å². The summed E-state index contributed by atoms with van der Waals surface area (Å²) < 4.78 is 14.9. The summed E-state index contributed by atoms with van der Waals surface area (Å²) in [6.07, 6.45) is 4.41. The summed E-state index contributed by atoms with van der Waals surface area (Å²) in [7, 11) is 4.09. The molecule has 0 aromatic heterocycles. The molecular formula is C14H20BrFN2. The molecule has 100 valence electrons. The molecule has 0 amide bonds. The van der Waals surface area contributed by atoms with Gasteiger partial charge in [0.05, 0.1) is 6.04 Å². The zero-order valence-corrected chi connectivity index (χ0v) is 12.5. The van der Waals surface area contributed by atoms with Gasteiger partial charge in [0.15, 0.2) is 0 Å². The molecule has 2 N–H and O–H groups in total. The second-order valence-corrected chi connectivity index (χ2v) is 6.26. The van der Waals surface area contributed by atoms with E-state index in [1.807, 2.05) is 20.2 Å². The van der Waals surface area contributed by atoms with E-state index < -0.39 is 0 Å². The van der Waals surface area contributed by atoms with E-state index in [0.29, 0.717) is 5.56 Å². The molecule has 0 spiro atoms. The van der Waals surface area contributed by atoms with Crippen LogP contribution in [-0.2, 0) is 0 Å². The molecule has 1 saturated carbocycles. The fourth-order valence-electron chi connectivity index (χ4n) is 3.07. The van der Waals surface area contributed by atoms with Gasteiger partial charge in [-0.25, -0.2) is 4.39 Å². The summed E-state index contributed by atoms with van der Waals surface area (Å²) >= 11 is 3.39. The molecule has 0 radical (unpaired) electrons. The highest BCUT2D eigenvalue weighted by Crippen LogP contribution is 2.43. The van der Waals surface area contributed by atoms with Crippen molar-refractivity contribution in [3.05, 3.63) is 34.1 Å². The van der Waals surface area contributed by atoms with Crippen LogP contribution in [0.15, 0.2) is 22.7 Å². The fourth-order valence-corrected chi connectivity index (χ4v) is 3.44. The van der Waals surface area contributed by atoms with Crippen LogP contribution in [0, 0.1) is 5.82 Å². The molecule has 0 aliphatic heterocycles. The molecule has 1 aliphatic carbocycles. The average Bonchev–Trinajstić information content (AvgIpc) is 2.82. The normalized spacial score (nSPS) is 20.3. The number of hydrogen-bond acceptors (Lipinski definition) is 2. The molecule has 1 aliphatic rings. The second-order valence-electron chi connectivity index (χ2n) is 5.35. The Morgan fingerprint density at radius 2 is 1.94 bits per heavy atom. The number of nitrogens with two attached hydrogens (primary N) is 1. The number of halogens is 2. The van der Waals surface area contributed by atoms with Crippen LogP contribution >= 0.6 is 15.9 Å². The van der Waals surface area contributed by atoms with Crippen LogP contribution in [0.2, 0.25) is 0 Å². The topological polar surface area (TPSA) is 29.3 Å². The van der Waals surface area contributed by atoms with E-state index in [1.165, 1.54) is 18.9 Å². The van der Waals surface area contributed by atoms with E-state index in [0.717, 1.165) is 17.3 Å². The first-order valence-corrected chi connectivity index (χ1v) is 7.14.